The Morgan fingerprint density at radius 3 is 2.33 bits per heavy atom. The molecular formula is C6H15NO2. The van der Waals surface area contributed by atoms with Crippen LogP contribution in [0.5, 0.6) is 0 Å². The molecule has 1 atom stereocenters. The highest BCUT2D eigenvalue weighted by Crippen LogP contribution is 1.96. The second-order valence-electron chi connectivity index (χ2n) is 2.16. The van der Waals surface area contributed by atoms with Crippen molar-refractivity contribution in [2.75, 3.05) is 13.2 Å². The number of hydrogen-bond acceptors (Lipinski definition) is 3. The summed E-state index contributed by atoms with van der Waals surface area (Å²) in [5, 5.41) is 16.8. The number of aliphatic hydroxyl groups excluding tert-OH is 2. The Morgan fingerprint density at radius 2 is 1.89 bits per heavy atom. The van der Waals surface area contributed by atoms with Gasteiger partial charge in [0.05, 0.1) is 6.61 Å². The molecule has 56 valence electrons. The summed E-state index contributed by atoms with van der Waals surface area (Å²) in [4.78, 5) is 0. The molecule has 0 amide bonds. The lowest BCUT2D eigenvalue weighted by atomic mass is 10.1. The molecule has 0 aliphatic rings. The Balaban J connectivity index is 2.88. The number of rotatable bonds is 5. The second kappa shape index (κ2) is 6.01. The average Bonchev–Trinajstić information content (AvgIpc) is 1.89. The predicted molar refractivity (Wildman–Crippen MR) is 36.0 cm³/mol. The van der Waals surface area contributed by atoms with Gasteiger partial charge in [-0.1, -0.05) is 0 Å². The molecule has 0 bridgehead atoms. The van der Waals surface area contributed by atoms with E-state index in [1.165, 1.54) is 0 Å². The number of unbranched alkanes of at least 4 members (excludes halogenated alkanes) is 1. The third-order valence-corrected chi connectivity index (χ3v) is 1.22. The molecule has 3 nitrogen and oxygen atoms in total. The first-order valence-electron chi connectivity index (χ1n) is 3.28. The van der Waals surface area contributed by atoms with Crippen molar-refractivity contribution in [1.82, 2.24) is 0 Å². The first-order valence-corrected chi connectivity index (χ1v) is 3.28. The first kappa shape index (κ1) is 8.88. The van der Waals surface area contributed by atoms with Crippen molar-refractivity contribution in [3.05, 3.63) is 0 Å². The van der Waals surface area contributed by atoms with Gasteiger partial charge in [-0.3, -0.25) is 0 Å². The second-order valence-corrected chi connectivity index (χ2v) is 2.16. The maximum absolute atomic E-state index is 8.45. The molecule has 0 fully saturated rings. The Hall–Kier alpha value is -0.120. The SMILES string of the molecule is N[C@H](CO)CCCCO. The summed E-state index contributed by atoms with van der Waals surface area (Å²) in [6, 6.07) is -0.100. The largest absolute Gasteiger partial charge is 0.396 e. The van der Waals surface area contributed by atoms with Crippen LogP contribution in [0.15, 0.2) is 0 Å². The Bertz CT molecular complexity index is 59.0. The Kier molecular flexibility index (Phi) is 5.93. The van der Waals surface area contributed by atoms with Gasteiger partial charge >= 0.3 is 0 Å². The van der Waals surface area contributed by atoms with E-state index >= 15 is 0 Å². The van der Waals surface area contributed by atoms with Crippen LogP contribution < -0.4 is 5.73 Å². The minimum absolute atomic E-state index is 0.0471. The normalized spacial score (nSPS) is 13.7. The minimum atomic E-state index is -0.100. The van der Waals surface area contributed by atoms with Crippen molar-refractivity contribution >= 4 is 0 Å². The van der Waals surface area contributed by atoms with Gasteiger partial charge in [-0.15, -0.1) is 0 Å². The maximum atomic E-state index is 8.45. The molecule has 0 rings (SSSR count). The van der Waals surface area contributed by atoms with Gasteiger partial charge in [-0.05, 0) is 19.3 Å². The van der Waals surface area contributed by atoms with E-state index in [-0.39, 0.29) is 19.3 Å². The lowest BCUT2D eigenvalue weighted by Gasteiger charge is -2.05. The van der Waals surface area contributed by atoms with Gasteiger partial charge in [-0.25, -0.2) is 0 Å². The number of nitrogens with two attached hydrogens (primary N) is 1. The summed E-state index contributed by atoms with van der Waals surface area (Å²) in [6.45, 7) is 0.267. The summed E-state index contributed by atoms with van der Waals surface area (Å²) < 4.78 is 0. The quantitative estimate of drug-likeness (QED) is 0.442. The molecular weight excluding hydrogens is 118 g/mol. The van der Waals surface area contributed by atoms with Crippen LogP contribution in [0.25, 0.3) is 0 Å². The van der Waals surface area contributed by atoms with Crippen LogP contribution in [0.1, 0.15) is 19.3 Å². The van der Waals surface area contributed by atoms with E-state index in [0.29, 0.717) is 0 Å². The van der Waals surface area contributed by atoms with Crippen LogP contribution in [-0.2, 0) is 0 Å². The van der Waals surface area contributed by atoms with Gasteiger partial charge < -0.3 is 15.9 Å². The molecule has 0 aliphatic heterocycles. The summed E-state index contributed by atoms with van der Waals surface area (Å²) in [6.07, 6.45) is 2.49. The van der Waals surface area contributed by atoms with E-state index in [1.807, 2.05) is 0 Å². The molecule has 0 aliphatic carbocycles. The Morgan fingerprint density at radius 1 is 1.22 bits per heavy atom. The molecule has 4 N–H and O–H groups in total. The van der Waals surface area contributed by atoms with Crippen LogP contribution in [0, 0.1) is 0 Å². The van der Waals surface area contributed by atoms with E-state index in [4.69, 9.17) is 15.9 Å². The summed E-state index contributed by atoms with van der Waals surface area (Å²) in [5.74, 6) is 0. The van der Waals surface area contributed by atoms with E-state index in [0.717, 1.165) is 19.3 Å². The highest BCUT2D eigenvalue weighted by atomic mass is 16.3. The highest BCUT2D eigenvalue weighted by molar-refractivity contribution is 4.57. The first-order chi connectivity index (χ1) is 4.31. The van der Waals surface area contributed by atoms with Crippen LogP contribution in [0.2, 0.25) is 0 Å². The predicted octanol–water partition coefficient (Wildman–Crippen LogP) is -0.531. The molecule has 0 saturated carbocycles. The molecule has 0 radical (unpaired) electrons. The third kappa shape index (κ3) is 5.76. The van der Waals surface area contributed by atoms with Gasteiger partial charge in [0.25, 0.3) is 0 Å². The fourth-order valence-corrected chi connectivity index (χ4v) is 0.610. The van der Waals surface area contributed by atoms with Crippen molar-refractivity contribution in [3.8, 4) is 0 Å². The number of hydrogen-bond donors (Lipinski definition) is 3. The zero-order chi connectivity index (χ0) is 7.11. The molecule has 0 aromatic rings. The van der Waals surface area contributed by atoms with Gasteiger partial charge in [0, 0.05) is 12.6 Å². The van der Waals surface area contributed by atoms with Gasteiger partial charge in [-0.2, -0.15) is 0 Å². The van der Waals surface area contributed by atoms with E-state index in [1.54, 1.807) is 0 Å². The van der Waals surface area contributed by atoms with Crippen LogP contribution >= 0.6 is 0 Å². The molecule has 0 saturated heterocycles. The van der Waals surface area contributed by atoms with Gasteiger partial charge in [0.1, 0.15) is 0 Å². The third-order valence-electron chi connectivity index (χ3n) is 1.22. The van der Waals surface area contributed by atoms with Crippen molar-refractivity contribution in [2.24, 2.45) is 5.73 Å². The molecule has 0 spiro atoms. The van der Waals surface area contributed by atoms with Crippen LogP contribution in [0.4, 0.5) is 0 Å². The highest BCUT2D eigenvalue weighted by Gasteiger charge is 1.97. The fraction of sp³-hybridized carbons (Fsp3) is 1.00. The monoisotopic (exact) mass is 133 g/mol. The van der Waals surface area contributed by atoms with Crippen molar-refractivity contribution < 1.29 is 10.2 Å². The van der Waals surface area contributed by atoms with Gasteiger partial charge in [0.2, 0.25) is 0 Å². The van der Waals surface area contributed by atoms with E-state index in [9.17, 15) is 0 Å². The van der Waals surface area contributed by atoms with Crippen molar-refractivity contribution in [1.29, 1.82) is 0 Å². The molecule has 9 heavy (non-hydrogen) atoms. The zero-order valence-electron chi connectivity index (χ0n) is 5.58. The lowest BCUT2D eigenvalue weighted by Crippen LogP contribution is -2.23. The molecule has 3 heteroatoms. The Labute approximate surface area is 55.5 Å². The smallest absolute Gasteiger partial charge is 0.0582 e. The van der Waals surface area contributed by atoms with Crippen molar-refractivity contribution in [3.63, 3.8) is 0 Å². The topological polar surface area (TPSA) is 66.5 Å². The van der Waals surface area contributed by atoms with Crippen LogP contribution in [-0.4, -0.2) is 29.5 Å². The lowest BCUT2D eigenvalue weighted by molar-refractivity contribution is 0.247. The fourth-order valence-electron chi connectivity index (χ4n) is 0.610. The van der Waals surface area contributed by atoms with Gasteiger partial charge in [0.15, 0.2) is 0 Å². The summed E-state index contributed by atoms with van der Waals surface area (Å²) in [5.41, 5.74) is 5.38. The number of aliphatic hydroxyl groups is 2. The standard InChI is InChI=1S/C6H15NO2/c7-6(5-9)3-1-2-4-8/h6,8-9H,1-5,7H2/t6-/m0/s1. The molecule has 0 heterocycles. The van der Waals surface area contributed by atoms with Crippen LogP contribution in [0.3, 0.4) is 0 Å². The zero-order valence-corrected chi connectivity index (χ0v) is 5.58. The van der Waals surface area contributed by atoms with E-state index < -0.39 is 0 Å². The van der Waals surface area contributed by atoms with E-state index in [2.05, 4.69) is 0 Å². The maximum Gasteiger partial charge on any atom is 0.0582 e. The summed E-state index contributed by atoms with van der Waals surface area (Å²) in [7, 11) is 0. The molecule has 0 aromatic heterocycles. The average molecular weight is 133 g/mol. The molecule has 0 aromatic carbocycles. The van der Waals surface area contributed by atoms with Crippen molar-refractivity contribution in [2.45, 2.75) is 25.3 Å². The minimum Gasteiger partial charge on any atom is -0.396 e. The summed E-state index contributed by atoms with van der Waals surface area (Å²) >= 11 is 0. The molecule has 0 unspecified atom stereocenters.